The molecule has 0 aliphatic heterocycles. The van der Waals surface area contributed by atoms with Crippen molar-refractivity contribution in [1.82, 2.24) is 5.32 Å². The summed E-state index contributed by atoms with van der Waals surface area (Å²) in [5.41, 5.74) is 0.641. The molecule has 0 heterocycles. The Morgan fingerprint density at radius 3 is 2.74 bits per heavy atom. The number of benzene rings is 1. The van der Waals surface area contributed by atoms with Crippen molar-refractivity contribution in [1.29, 1.82) is 0 Å². The first-order valence-corrected chi connectivity index (χ1v) is 7.75. The van der Waals surface area contributed by atoms with Crippen LogP contribution in [-0.2, 0) is 0 Å². The molecule has 2 aliphatic rings. The van der Waals surface area contributed by atoms with Crippen LogP contribution in [0.15, 0.2) is 22.7 Å². The SMILES string of the molecule is O=C(NC1CCC1)c1cc(Br)ccc1OCC1CC1. The van der Waals surface area contributed by atoms with Gasteiger partial charge in [0.05, 0.1) is 12.2 Å². The Bertz CT molecular complexity index is 481. The maximum Gasteiger partial charge on any atom is 0.255 e. The molecule has 1 aromatic rings. The summed E-state index contributed by atoms with van der Waals surface area (Å²) in [6, 6.07) is 5.99. The van der Waals surface area contributed by atoms with Gasteiger partial charge in [0, 0.05) is 10.5 Å². The molecule has 2 saturated carbocycles. The van der Waals surface area contributed by atoms with Gasteiger partial charge in [-0.2, -0.15) is 0 Å². The average molecular weight is 324 g/mol. The number of ether oxygens (including phenoxy) is 1. The Morgan fingerprint density at radius 2 is 2.11 bits per heavy atom. The molecule has 1 aromatic carbocycles. The summed E-state index contributed by atoms with van der Waals surface area (Å²) in [5, 5.41) is 3.06. The minimum Gasteiger partial charge on any atom is -0.492 e. The van der Waals surface area contributed by atoms with Gasteiger partial charge in [0.2, 0.25) is 0 Å². The molecule has 0 unspecified atom stereocenters. The van der Waals surface area contributed by atoms with E-state index in [1.165, 1.54) is 19.3 Å². The Labute approximate surface area is 121 Å². The molecule has 3 rings (SSSR count). The largest absolute Gasteiger partial charge is 0.492 e. The van der Waals surface area contributed by atoms with Crippen LogP contribution in [0.25, 0.3) is 0 Å². The Kier molecular flexibility index (Phi) is 3.78. The molecule has 19 heavy (non-hydrogen) atoms. The van der Waals surface area contributed by atoms with Crippen molar-refractivity contribution in [2.24, 2.45) is 5.92 Å². The Hall–Kier alpha value is -1.03. The quantitative estimate of drug-likeness (QED) is 0.900. The second-order valence-electron chi connectivity index (χ2n) is 5.50. The highest BCUT2D eigenvalue weighted by molar-refractivity contribution is 9.10. The van der Waals surface area contributed by atoms with Gasteiger partial charge in [-0.05, 0) is 56.2 Å². The molecule has 0 atom stereocenters. The number of halogens is 1. The van der Waals surface area contributed by atoms with E-state index in [4.69, 9.17) is 4.74 Å². The van der Waals surface area contributed by atoms with Crippen LogP contribution in [0.4, 0.5) is 0 Å². The third-order valence-electron chi connectivity index (χ3n) is 3.80. The molecule has 4 heteroatoms. The highest BCUT2D eigenvalue weighted by Gasteiger charge is 2.25. The van der Waals surface area contributed by atoms with Gasteiger partial charge in [-0.1, -0.05) is 15.9 Å². The van der Waals surface area contributed by atoms with Crippen LogP contribution < -0.4 is 10.1 Å². The molecular formula is C15H18BrNO2. The van der Waals surface area contributed by atoms with Crippen LogP contribution in [0.5, 0.6) is 5.75 Å². The summed E-state index contributed by atoms with van der Waals surface area (Å²) in [6.45, 7) is 0.728. The number of carbonyl (C=O) groups is 1. The first kappa shape index (κ1) is 13.0. The fourth-order valence-electron chi connectivity index (χ4n) is 2.11. The molecule has 0 aromatic heterocycles. The normalized spacial score (nSPS) is 18.8. The van der Waals surface area contributed by atoms with Crippen LogP contribution in [0.1, 0.15) is 42.5 Å². The standard InChI is InChI=1S/C15H18BrNO2/c16-11-6-7-14(19-9-10-4-5-10)13(8-11)15(18)17-12-2-1-3-12/h6-8,10,12H,1-5,9H2,(H,17,18). The zero-order valence-corrected chi connectivity index (χ0v) is 12.4. The van der Waals surface area contributed by atoms with E-state index >= 15 is 0 Å². The van der Waals surface area contributed by atoms with Gasteiger partial charge in [-0.3, -0.25) is 4.79 Å². The van der Waals surface area contributed by atoms with Crippen LogP contribution in [0.3, 0.4) is 0 Å². The minimum atomic E-state index is -0.0169. The van der Waals surface area contributed by atoms with E-state index < -0.39 is 0 Å². The van der Waals surface area contributed by atoms with Gasteiger partial charge in [-0.15, -0.1) is 0 Å². The molecule has 3 nitrogen and oxygen atoms in total. The maximum atomic E-state index is 12.3. The van der Waals surface area contributed by atoms with Gasteiger partial charge in [0.15, 0.2) is 0 Å². The van der Waals surface area contributed by atoms with Crippen molar-refractivity contribution >= 4 is 21.8 Å². The third-order valence-corrected chi connectivity index (χ3v) is 4.29. The fourth-order valence-corrected chi connectivity index (χ4v) is 2.47. The highest BCUT2D eigenvalue weighted by atomic mass is 79.9. The van der Waals surface area contributed by atoms with E-state index in [9.17, 15) is 4.79 Å². The molecule has 0 bridgehead atoms. The predicted octanol–water partition coefficient (Wildman–Crippen LogP) is 3.52. The van der Waals surface area contributed by atoms with E-state index in [0.29, 0.717) is 23.3 Å². The van der Waals surface area contributed by atoms with E-state index in [0.717, 1.165) is 23.9 Å². The fraction of sp³-hybridized carbons (Fsp3) is 0.533. The minimum absolute atomic E-state index is 0.0169. The lowest BCUT2D eigenvalue weighted by Crippen LogP contribution is -2.39. The van der Waals surface area contributed by atoms with Crippen LogP contribution >= 0.6 is 15.9 Å². The van der Waals surface area contributed by atoms with Crippen molar-refractivity contribution in [2.75, 3.05) is 6.61 Å². The summed E-state index contributed by atoms with van der Waals surface area (Å²) in [6.07, 6.45) is 5.91. The van der Waals surface area contributed by atoms with Gasteiger partial charge in [-0.25, -0.2) is 0 Å². The van der Waals surface area contributed by atoms with Crippen LogP contribution in [-0.4, -0.2) is 18.6 Å². The van der Waals surface area contributed by atoms with Crippen LogP contribution in [0.2, 0.25) is 0 Å². The molecule has 1 amide bonds. The Morgan fingerprint density at radius 1 is 1.32 bits per heavy atom. The number of nitrogens with one attached hydrogen (secondary N) is 1. The first-order chi connectivity index (χ1) is 9.22. The van der Waals surface area contributed by atoms with Crippen molar-refractivity contribution < 1.29 is 9.53 Å². The van der Waals surface area contributed by atoms with Crippen molar-refractivity contribution in [3.8, 4) is 5.75 Å². The molecule has 0 spiro atoms. The number of carbonyl (C=O) groups excluding carboxylic acids is 1. The van der Waals surface area contributed by atoms with E-state index in [2.05, 4.69) is 21.2 Å². The lowest BCUT2D eigenvalue weighted by atomic mass is 9.93. The number of amides is 1. The molecular weight excluding hydrogens is 306 g/mol. The lowest BCUT2D eigenvalue weighted by Gasteiger charge is -2.26. The Balaban J connectivity index is 1.71. The molecule has 2 aliphatic carbocycles. The number of hydrogen-bond donors (Lipinski definition) is 1. The number of rotatable bonds is 5. The monoisotopic (exact) mass is 323 g/mol. The second-order valence-corrected chi connectivity index (χ2v) is 6.41. The molecule has 0 radical (unpaired) electrons. The topological polar surface area (TPSA) is 38.3 Å². The smallest absolute Gasteiger partial charge is 0.255 e. The van der Waals surface area contributed by atoms with Gasteiger partial charge in [0.1, 0.15) is 5.75 Å². The van der Waals surface area contributed by atoms with E-state index in [1.54, 1.807) is 0 Å². The zero-order chi connectivity index (χ0) is 13.2. The average Bonchev–Trinajstić information content (AvgIpc) is 3.16. The molecule has 1 N–H and O–H groups in total. The van der Waals surface area contributed by atoms with E-state index in [-0.39, 0.29) is 5.91 Å². The van der Waals surface area contributed by atoms with Crippen LogP contribution in [0, 0.1) is 5.92 Å². The first-order valence-electron chi connectivity index (χ1n) is 6.95. The summed E-state index contributed by atoms with van der Waals surface area (Å²) >= 11 is 3.42. The van der Waals surface area contributed by atoms with E-state index in [1.807, 2.05) is 18.2 Å². The highest BCUT2D eigenvalue weighted by Crippen LogP contribution is 2.31. The molecule has 0 saturated heterocycles. The number of hydrogen-bond acceptors (Lipinski definition) is 2. The third kappa shape index (κ3) is 3.30. The van der Waals surface area contributed by atoms with Crippen molar-refractivity contribution in [2.45, 2.75) is 38.1 Å². The summed E-state index contributed by atoms with van der Waals surface area (Å²) in [4.78, 5) is 12.3. The summed E-state index contributed by atoms with van der Waals surface area (Å²) in [5.74, 6) is 1.37. The summed E-state index contributed by atoms with van der Waals surface area (Å²) < 4.78 is 6.70. The second kappa shape index (κ2) is 5.53. The molecule has 102 valence electrons. The van der Waals surface area contributed by atoms with Gasteiger partial charge in [0.25, 0.3) is 5.91 Å². The maximum absolute atomic E-state index is 12.3. The zero-order valence-electron chi connectivity index (χ0n) is 10.8. The lowest BCUT2D eigenvalue weighted by molar-refractivity contribution is 0.0912. The van der Waals surface area contributed by atoms with Gasteiger partial charge >= 0.3 is 0 Å². The summed E-state index contributed by atoms with van der Waals surface area (Å²) in [7, 11) is 0. The molecule has 2 fully saturated rings. The predicted molar refractivity (Wildman–Crippen MR) is 77.5 cm³/mol. The van der Waals surface area contributed by atoms with Crippen molar-refractivity contribution in [3.05, 3.63) is 28.2 Å². The van der Waals surface area contributed by atoms with Crippen molar-refractivity contribution in [3.63, 3.8) is 0 Å². The van der Waals surface area contributed by atoms with Gasteiger partial charge < -0.3 is 10.1 Å².